The van der Waals surface area contributed by atoms with Gasteiger partial charge in [0.15, 0.2) is 0 Å². The Labute approximate surface area is 581 Å². The zero-order valence-electron chi connectivity index (χ0n) is 54.8. The first-order valence-corrected chi connectivity index (χ1v) is 34.5. The van der Waals surface area contributed by atoms with E-state index in [9.17, 15) is 0 Å². The van der Waals surface area contributed by atoms with Crippen molar-refractivity contribution in [3.05, 3.63) is 388 Å². The Kier molecular flexibility index (Phi) is 14.3. The Hall–Kier alpha value is -13.1. The molecule has 19 rings (SSSR count). The first kappa shape index (κ1) is 58.2. The molecule has 19 aromatic rings. The van der Waals surface area contributed by atoms with Crippen LogP contribution in [-0.4, -0.2) is 0 Å². The number of benzene rings is 19. The first-order chi connectivity index (χ1) is 49.5. The summed E-state index contributed by atoms with van der Waals surface area (Å²) in [6, 6.07) is 143. The van der Waals surface area contributed by atoms with E-state index in [0.29, 0.717) is 0 Å². The molecule has 0 saturated heterocycles. The van der Waals surface area contributed by atoms with Crippen molar-refractivity contribution in [1.29, 1.82) is 0 Å². The molecule has 19 aromatic carbocycles. The van der Waals surface area contributed by atoms with Gasteiger partial charge in [-0.25, -0.2) is 0 Å². The maximum Gasteiger partial charge on any atom is 0.0468 e. The minimum Gasteiger partial charge on any atom is -0.310 e. The largest absolute Gasteiger partial charge is 0.310 e. The third-order valence-corrected chi connectivity index (χ3v) is 20.6. The summed E-state index contributed by atoms with van der Waals surface area (Å²) in [6.07, 6.45) is 0. The van der Waals surface area contributed by atoms with Crippen LogP contribution in [0.4, 0.5) is 34.1 Å². The number of hydrogen-bond acceptors (Lipinski definition) is 2. The van der Waals surface area contributed by atoms with Crippen molar-refractivity contribution in [1.82, 2.24) is 0 Å². The van der Waals surface area contributed by atoms with Crippen LogP contribution in [0.1, 0.15) is 0 Å². The van der Waals surface area contributed by atoms with Crippen molar-refractivity contribution in [2.24, 2.45) is 0 Å². The molecule has 0 N–H and O–H groups in total. The molecule has 0 aliphatic carbocycles. The first-order valence-electron chi connectivity index (χ1n) is 34.5. The van der Waals surface area contributed by atoms with Crippen LogP contribution in [0.25, 0.3) is 153 Å². The maximum atomic E-state index is 2.39. The summed E-state index contributed by atoms with van der Waals surface area (Å²) < 4.78 is 0. The smallest absolute Gasteiger partial charge is 0.0468 e. The van der Waals surface area contributed by atoms with Crippen LogP contribution in [0.3, 0.4) is 0 Å². The summed E-state index contributed by atoms with van der Waals surface area (Å²) in [4.78, 5) is 4.77. The van der Waals surface area contributed by atoms with Crippen LogP contribution in [0, 0.1) is 0 Å². The summed E-state index contributed by atoms with van der Waals surface area (Å²) in [7, 11) is 0. The van der Waals surface area contributed by atoms with Crippen molar-refractivity contribution in [3.63, 3.8) is 0 Å². The second kappa shape index (κ2) is 24.5. The molecule has 0 heterocycles. The fraction of sp³-hybridized carbons (Fsp3) is 0. The third kappa shape index (κ3) is 10.5. The van der Waals surface area contributed by atoms with Gasteiger partial charge in [0.2, 0.25) is 0 Å². The van der Waals surface area contributed by atoms with Gasteiger partial charge in [0.1, 0.15) is 0 Å². The fourth-order valence-corrected chi connectivity index (χ4v) is 15.5. The minimum atomic E-state index is 1.09. The van der Waals surface area contributed by atoms with Gasteiger partial charge in [-0.05, 0) is 244 Å². The molecular formula is C98H64N2. The average molecular weight is 1270 g/mol. The lowest BCUT2D eigenvalue weighted by atomic mass is 9.91. The predicted molar refractivity (Wildman–Crippen MR) is 428 cm³/mol. The average Bonchev–Trinajstić information content (AvgIpc) is 0.764. The molecule has 0 fully saturated rings. The SMILES string of the molecule is c1ccc(-c2ccc(-c3ccc(N(c4ccc(-c5ccc6c(ccc7c(-c8ccc9c(ccc%10cc(N(c%11ccc(-c%12ccccc%12)cc%11)c%11ccc(-c%12ccc%13c(ccc%14ccccc%14%13)c%12)cc%11)ccc%109)c8)cccc76)c5)cc4)c4ccc5c(ccc6ccccc65)c4)cc3)cc2)cc1. The lowest BCUT2D eigenvalue weighted by molar-refractivity contribution is 1.29. The van der Waals surface area contributed by atoms with Crippen molar-refractivity contribution < 1.29 is 0 Å². The molecule has 0 aliphatic rings. The topological polar surface area (TPSA) is 6.48 Å². The highest BCUT2D eigenvalue weighted by Crippen LogP contribution is 2.44. The third-order valence-electron chi connectivity index (χ3n) is 20.6. The van der Waals surface area contributed by atoms with Crippen LogP contribution in [0.2, 0.25) is 0 Å². The van der Waals surface area contributed by atoms with Crippen LogP contribution in [0.15, 0.2) is 388 Å². The normalized spacial score (nSPS) is 11.6. The monoisotopic (exact) mass is 1270 g/mol. The van der Waals surface area contributed by atoms with E-state index in [1.54, 1.807) is 0 Å². The molecule has 2 heteroatoms. The van der Waals surface area contributed by atoms with E-state index in [-0.39, 0.29) is 0 Å². The molecule has 100 heavy (non-hydrogen) atoms. The Balaban J connectivity index is 0.614. The van der Waals surface area contributed by atoms with Crippen molar-refractivity contribution >= 4 is 120 Å². The van der Waals surface area contributed by atoms with Crippen molar-refractivity contribution in [2.75, 3.05) is 9.80 Å². The molecule has 0 aliphatic heterocycles. The minimum absolute atomic E-state index is 1.09. The number of hydrogen-bond donors (Lipinski definition) is 0. The quantitative estimate of drug-likeness (QED) is 0.113. The molecular weight excluding hydrogens is 1210 g/mol. The van der Waals surface area contributed by atoms with Crippen LogP contribution < -0.4 is 9.80 Å². The highest BCUT2D eigenvalue weighted by molar-refractivity contribution is 6.15. The summed E-state index contributed by atoms with van der Waals surface area (Å²) in [5, 5.41) is 19.8. The molecule has 466 valence electrons. The van der Waals surface area contributed by atoms with E-state index < -0.39 is 0 Å². The Bertz CT molecular complexity index is 6340. The summed E-state index contributed by atoms with van der Waals surface area (Å²) in [6.45, 7) is 0. The maximum absolute atomic E-state index is 2.39. The van der Waals surface area contributed by atoms with Crippen LogP contribution in [0.5, 0.6) is 0 Å². The van der Waals surface area contributed by atoms with E-state index in [4.69, 9.17) is 0 Å². The molecule has 0 radical (unpaired) electrons. The molecule has 0 unspecified atom stereocenters. The van der Waals surface area contributed by atoms with Crippen molar-refractivity contribution in [3.8, 4) is 66.8 Å². The number of anilines is 6. The van der Waals surface area contributed by atoms with Gasteiger partial charge < -0.3 is 9.80 Å². The van der Waals surface area contributed by atoms with Gasteiger partial charge in [-0.15, -0.1) is 0 Å². The van der Waals surface area contributed by atoms with E-state index in [0.717, 1.165) is 34.1 Å². The Morgan fingerprint density at radius 2 is 0.370 bits per heavy atom. The molecule has 0 aromatic heterocycles. The number of rotatable bonds is 12. The molecule has 0 saturated carbocycles. The molecule has 2 nitrogen and oxygen atoms in total. The lowest BCUT2D eigenvalue weighted by Crippen LogP contribution is -2.09. The fourth-order valence-electron chi connectivity index (χ4n) is 15.5. The summed E-state index contributed by atoms with van der Waals surface area (Å²) >= 11 is 0. The van der Waals surface area contributed by atoms with Gasteiger partial charge >= 0.3 is 0 Å². The zero-order chi connectivity index (χ0) is 66.0. The molecule has 0 spiro atoms. The predicted octanol–water partition coefficient (Wildman–Crippen LogP) is 27.9. The van der Waals surface area contributed by atoms with E-state index in [1.807, 2.05) is 0 Å². The lowest BCUT2D eigenvalue weighted by Gasteiger charge is -2.26. The van der Waals surface area contributed by atoms with Crippen LogP contribution >= 0.6 is 0 Å². The van der Waals surface area contributed by atoms with Crippen molar-refractivity contribution in [2.45, 2.75) is 0 Å². The molecule has 0 atom stereocenters. The summed E-state index contributed by atoms with van der Waals surface area (Å²) in [5.74, 6) is 0. The highest BCUT2D eigenvalue weighted by Gasteiger charge is 2.19. The number of nitrogens with zero attached hydrogens (tertiary/aromatic N) is 2. The molecule has 0 amide bonds. The van der Waals surface area contributed by atoms with Gasteiger partial charge in [0, 0.05) is 34.1 Å². The molecule has 0 bridgehead atoms. The standard InChI is InChI=1S/C98H64N2/c1-3-12-65(13-4-1)67-22-24-68(25-23-67)70-34-46-84(47-35-70)100(87-52-58-94-81(63-87)29-27-74-17-8-10-19-90(74)94)86-50-38-72(39-51-86)76-41-55-96-79(61-76)43-57-98-91(20-11-21-97(96)98)80-42-56-93-78(62-80)30-31-82-64-88(53-59-95(82)93)99(83-44-32-69(33-45-83)66-14-5-2-6-15-66)85-48-36-71(37-49-85)75-40-54-92-77(60-75)28-26-73-16-7-9-18-89(73)92/h1-64H. The number of fused-ring (bicyclic) bond motifs is 12. The van der Waals surface area contributed by atoms with E-state index >= 15 is 0 Å². The van der Waals surface area contributed by atoms with Gasteiger partial charge in [-0.3, -0.25) is 0 Å². The van der Waals surface area contributed by atoms with E-state index in [2.05, 4.69) is 398 Å². The van der Waals surface area contributed by atoms with Gasteiger partial charge in [0.05, 0.1) is 0 Å². The van der Waals surface area contributed by atoms with Crippen LogP contribution in [-0.2, 0) is 0 Å². The zero-order valence-corrected chi connectivity index (χ0v) is 54.8. The van der Waals surface area contributed by atoms with Gasteiger partial charge in [0.25, 0.3) is 0 Å². The van der Waals surface area contributed by atoms with E-state index in [1.165, 1.54) is 153 Å². The second-order valence-electron chi connectivity index (χ2n) is 26.4. The Morgan fingerprint density at radius 1 is 0.120 bits per heavy atom. The van der Waals surface area contributed by atoms with Gasteiger partial charge in [-0.1, -0.05) is 297 Å². The Morgan fingerprint density at radius 3 is 0.790 bits per heavy atom. The van der Waals surface area contributed by atoms with Gasteiger partial charge in [-0.2, -0.15) is 0 Å². The second-order valence-corrected chi connectivity index (χ2v) is 26.4. The highest BCUT2D eigenvalue weighted by atomic mass is 15.1. The summed E-state index contributed by atoms with van der Waals surface area (Å²) in [5.41, 5.74) is 20.9.